The fraction of sp³-hybridized carbons (Fsp3) is 0.500. The average Bonchev–Trinajstić information content (AvgIpc) is 3.89. The molecule has 7 heterocycles. The number of aromatic nitrogens is 3. The number of anilines is 1. The predicted molar refractivity (Wildman–Crippen MR) is 249 cm³/mol. The number of pyridine rings is 1. The van der Waals surface area contributed by atoms with E-state index in [1.165, 1.54) is 38.4 Å². The highest BCUT2D eigenvalue weighted by Gasteiger charge is 2.45. The molecule has 5 aliphatic rings. The average molecular weight is 885 g/mol. The molecule has 2 amide bonds. The maximum absolute atomic E-state index is 14.5. The van der Waals surface area contributed by atoms with Gasteiger partial charge in [-0.05, 0) is 93.3 Å². The number of carbonyl (C=O) groups is 3. The lowest BCUT2D eigenvalue weighted by Gasteiger charge is -2.35. The third-order valence-corrected chi connectivity index (χ3v) is 15.0. The Hall–Kier alpha value is -5.15. The molecule has 6 bridgehead atoms. The molecule has 10 rings (SSSR count). The van der Waals surface area contributed by atoms with Crippen LogP contribution < -0.4 is 15.6 Å². The number of likely N-dealkylation sites (N-methyl/N-ethyl adjacent to an activating group) is 1. The first-order valence-corrected chi connectivity index (χ1v) is 24.0. The fourth-order valence-electron chi connectivity index (χ4n) is 10.4. The zero-order chi connectivity index (χ0) is 44.3. The van der Waals surface area contributed by atoms with Gasteiger partial charge in [-0.2, -0.15) is 0 Å². The molecule has 64 heavy (non-hydrogen) atoms. The van der Waals surface area contributed by atoms with Gasteiger partial charge in [0.05, 0.1) is 52.2 Å². The van der Waals surface area contributed by atoms with E-state index in [1.54, 1.807) is 7.11 Å². The normalized spacial score (nSPS) is 24.3. The number of ether oxygens (including phenoxy) is 2. The monoisotopic (exact) mass is 884 g/mol. The number of nitrogens with one attached hydrogen (secondary N) is 2. The number of aryl methyl sites for hydroxylation is 2. The highest BCUT2D eigenvalue weighted by atomic mass is 32.1. The van der Waals surface area contributed by atoms with E-state index in [9.17, 15) is 14.4 Å². The van der Waals surface area contributed by atoms with Gasteiger partial charge in [0.1, 0.15) is 12.1 Å². The number of hydrazine groups is 1. The van der Waals surface area contributed by atoms with Crippen molar-refractivity contribution < 1.29 is 23.9 Å². The van der Waals surface area contributed by atoms with Crippen LogP contribution in [-0.2, 0) is 49.7 Å². The van der Waals surface area contributed by atoms with Gasteiger partial charge >= 0.3 is 5.97 Å². The summed E-state index contributed by atoms with van der Waals surface area (Å²) in [5.74, 6) is -0.873. The molecule has 3 fully saturated rings. The van der Waals surface area contributed by atoms with E-state index >= 15 is 0 Å². The number of piperazine rings is 1. The number of rotatable bonds is 7. The summed E-state index contributed by atoms with van der Waals surface area (Å²) in [6, 6.07) is 15.4. The van der Waals surface area contributed by atoms with Crippen molar-refractivity contribution in [3.8, 4) is 22.5 Å². The largest absolute Gasteiger partial charge is 0.464 e. The van der Waals surface area contributed by atoms with Crippen LogP contribution in [0.25, 0.3) is 33.4 Å². The smallest absolute Gasteiger partial charge is 0.324 e. The van der Waals surface area contributed by atoms with Gasteiger partial charge in [-0.25, -0.2) is 10.4 Å². The second-order valence-electron chi connectivity index (χ2n) is 19.4. The van der Waals surface area contributed by atoms with E-state index < -0.39 is 17.5 Å². The third-order valence-electron chi connectivity index (χ3n) is 14.1. The van der Waals surface area contributed by atoms with E-state index in [-0.39, 0.29) is 48.8 Å². The van der Waals surface area contributed by atoms with Crippen LogP contribution in [0, 0.1) is 11.3 Å². The number of fused-ring (bicyclic) bond motifs is 6. The Morgan fingerprint density at radius 3 is 2.66 bits per heavy atom. The van der Waals surface area contributed by atoms with Crippen LogP contribution in [0.4, 0.5) is 5.69 Å². The summed E-state index contributed by atoms with van der Waals surface area (Å²) in [6.07, 6.45) is 6.46. The molecular formula is C50H60N8O5S. The molecule has 14 heteroatoms. The molecule has 3 aromatic heterocycles. The second kappa shape index (κ2) is 17.3. The van der Waals surface area contributed by atoms with Crippen LogP contribution >= 0.6 is 11.3 Å². The minimum atomic E-state index is -0.866. The second-order valence-corrected chi connectivity index (χ2v) is 20.4. The first kappa shape index (κ1) is 42.8. The summed E-state index contributed by atoms with van der Waals surface area (Å²) in [6.45, 7) is 11.7. The molecule has 1 saturated carbocycles. The van der Waals surface area contributed by atoms with Gasteiger partial charge in [0.2, 0.25) is 5.91 Å². The topological polar surface area (TPSA) is 134 Å². The van der Waals surface area contributed by atoms with Gasteiger partial charge in [-0.3, -0.25) is 24.4 Å². The molecule has 0 spiro atoms. The molecule has 0 radical (unpaired) electrons. The predicted octanol–water partition coefficient (Wildman–Crippen LogP) is 6.68. The van der Waals surface area contributed by atoms with Gasteiger partial charge in [0.15, 0.2) is 0 Å². The van der Waals surface area contributed by atoms with Crippen LogP contribution in [0.1, 0.15) is 85.9 Å². The van der Waals surface area contributed by atoms with Crippen molar-refractivity contribution in [2.45, 2.75) is 96.4 Å². The maximum atomic E-state index is 14.5. The minimum absolute atomic E-state index is 0.127. The quantitative estimate of drug-likeness (QED) is 0.171. The summed E-state index contributed by atoms with van der Waals surface area (Å²) in [7, 11) is 3.92. The molecule has 336 valence electrons. The Morgan fingerprint density at radius 1 is 1.05 bits per heavy atom. The number of amides is 2. The zero-order valence-corrected chi connectivity index (χ0v) is 38.5. The molecule has 5 aromatic rings. The van der Waals surface area contributed by atoms with Crippen molar-refractivity contribution in [3.05, 3.63) is 87.5 Å². The maximum Gasteiger partial charge on any atom is 0.324 e. The lowest BCUT2D eigenvalue weighted by Crippen LogP contribution is -2.60. The van der Waals surface area contributed by atoms with Crippen molar-refractivity contribution in [2.24, 2.45) is 11.3 Å². The van der Waals surface area contributed by atoms with Gasteiger partial charge in [0, 0.05) is 86.0 Å². The molecule has 2 saturated heterocycles. The van der Waals surface area contributed by atoms with Gasteiger partial charge < -0.3 is 29.2 Å². The summed E-state index contributed by atoms with van der Waals surface area (Å²) in [5.41, 5.74) is 13.7. The summed E-state index contributed by atoms with van der Waals surface area (Å²) < 4.78 is 14.7. The Kier molecular flexibility index (Phi) is 11.6. The SMILES string of the molecule is CO[C@@H](C)c1ncc(N2CCN(C)CC2)cc1-c1c2c3cc(cc4c3n1CCC4)-c1csc(n1)C[C@H](NC(=O)[C@H]1C[C@@H]1c1ccccc1)C(=O)N1CCC[C@H](N1)C(=O)OCC(C)(C)C2. The summed E-state index contributed by atoms with van der Waals surface area (Å²) in [5, 5.41) is 8.68. The van der Waals surface area contributed by atoms with E-state index in [0.717, 1.165) is 96.5 Å². The summed E-state index contributed by atoms with van der Waals surface area (Å²) >= 11 is 1.51. The third kappa shape index (κ3) is 8.34. The van der Waals surface area contributed by atoms with Gasteiger partial charge in [-0.1, -0.05) is 44.2 Å². The number of nitrogens with zero attached hydrogens (tertiary/aromatic N) is 6. The number of benzene rings is 2. The van der Waals surface area contributed by atoms with E-state index in [1.807, 2.05) is 24.4 Å². The van der Waals surface area contributed by atoms with Crippen LogP contribution in [0.15, 0.2) is 60.1 Å². The molecule has 1 aliphatic carbocycles. The first-order chi connectivity index (χ1) is 30.9. The Bertz CT molecular complexity index is 2580. The van der Waals surface area contributed by atoms with Crippen molar-refractivity contribution in [3.63, 3.8) is 0 Å². The van der Waals surface area contributed by atoms with Crippen LogP contribution in [0.5, 0.6) is 0 Å². The van der Waals surface area contributed by atoms with Gasteiger partial charge in [-0.15, -0.1) is 11.3 Å². The van der Waals surface area contributed by atoms with Crippen molar-refractivity contribution in [1.29, 1.82) is 0 Å². The van der Waals surface area contributed by atoms with Crippen LogP contribution in [-0.4, -0.2) is 108 Å². The summed E-state index contributed by atoms with van der Waals surface area (Å²) in [4.78, 5) is 57.5. The lowest BCUT2D eigenvalue weighted by atomic mass is 9.84. The molecule has 5 atom stereocenters. The number of hydrogen-bond donors (Lipinski definition) is 2. The Labute approximate surface area is 379 Å². The Morgan fingerprint density at radius 2 is 1.86 bits per heavy atom. The highest BCUT2D eigenvalue weighted by molar-refractivity contribution is 7.10. The number of cyclic esters (lactones) is 1. The molecular weight excluding hydrogens is 825 g/mol. The molecule has 13 nitrogen and oxygen atoms in total. The van der Waals surface area contributed by atoms with Gasteiger partial charge in [0.25, 0.3) is 5.91 Å². The number of hydrogen-bond acceptors (Lipinski definition) is 11. The van der Waals surface area contributed by atoms with Crippen LogP contribution in [0.2, 0.25) is 0 Å². The first-order valence-electron chi connectivity index (χ1n) is 23.1. The fourth-order valence-corrected chi connectivity index (χ4v) is 11.2. The molecule has 2 aromatic carbocycles. The molecule has 4 aliphatic heterocycles. The van der Waals surface area contributed by atoms with E-state index in [2.05, 4.69) is 88.6 Å². The lowest BCUT2D eigenvalue weighted by molar-refractivity contribution is -0.155. The highest BCUT2D eigenvalue weighted by Crippen LogP contribution is 2.48. The number of methoxy groups -OCH3 is 1. The number of esters is 1. The number of carbonyl (C=O) groups excluding carboxylic acids is 3. The standard InChI is InChI=1S/C50H60N8O5S/c1-30(62-5)44-38(23-34(27-51-44)56-19-17-55(4)18-20-56)46-39-26-50(2,3)29-63-49(61)40-14-10-16-58(54-40)48(60)41(53-47(59)37-24-35(37)31-11-7-6-8-12-31)25-43-52-42(28-64-43)33-21-32-13-9-15-57(46)45(32)36(39)22-33/h6-8,11-12,21-23,27-28,30,35,37,40-41,54H,9-10,13-20,24-26,29H2,1-5H3,(H,53,59)/t30-,35+,37-,40-,41-/m0/s1. The molecule has 0 unspecified atom stereocenters. The molecule has 2 N–H and O–H groups in total. The van der Waals surface area contributed by atoms with Crippen molar-refractivity contribution >= 4 is 45.7 Å². The Balaban J connectivity index is 1.08. The van der Waals surface area contributed by atoms with Crippen LogP contribution in [0.3, 0.4) is 0 Å². The van der Waals surface area contributed by atoms with E-state index in [0.29, 0.717) is 25.8 Å². The van der Waals surface area contributed by atoms with E-state index in [4.69, 9.17) is 19.4 Å². The van der Waals surface area contributed by atoms with Crippen molar-refractivity contribution in [2.75, 3.05) is 58.4 Å². The minimum Gasteiger partial charge on any atom is -0.464 e. The number of thiazole rings is 1. The zero-order valence-electron chi connectivity index (χ0n) is 37.7. The van der Waals surface area contributed by atoms with Crippen molar-refractivity contribution in [1.82, 2.24) is 35.2 Å².